The van der Waals surface area contributed by atoms with Crippen molar-refractivity contribution >= 4 is 17.8 Å². The van der Waals surface area contributed by atoms with Crippen LogP contribution < -0.4 is 11.5 Å². The number of esters is 1. The van der Waals surface area contributed by atoms with Crippen molar-refractivity contribution < 1.29 is 19.1 Å². The van der Waals surface area contributed by atoms with Crippen LogP contribution in [0.2, 0.25) is 0 Å². The molecule has 0 aliphatic carbocycles. The summed E-state index contributed by atoms with van der Waals surface area (Å²) in [6, 6.07) is -1.40. The predicted octanol–water partition coefficient (Wildman–Crippen LogP) is -1.01. The van der Waals surface area contributed by atoms with Crippen LogP contribution in [0.5, 0.6) is 0 Å². The van der Waals surface area contributed by atoms with E-state index >= 15 is 0 Å². The van der Waals surface area contributed by atoms with Crippen molar-refractivity contribution in [3.63, 3.8) is 0 Å². The number of likely N-dealkylation sites (tertiary alicyclic amines) is 1. The molecule has 0 radical (unpaired) electrons. The van der Waals surface area contributed by atoms with Gasteiger partial charge in [0, 0.05) is 12.6 Å². The molecule has 0 bridgehead atoms. The van der Waals surface area contributed by atoms with Crippen LogP contribution in [0.25, 0.3) is 0 Å². The van der Waals surface area contributed by atoms with E-state index in [4.69, 9.17) is 16.2 Å². The lowest BCUT2D eigenvalue weighted by Gasteiger charge is -2.37. The number of ether oxygens (including phenoxy) is 1. The van der Waals surface area contributed by atoms with Crippen LogP contribution in [-0.2, 0) is 19.1 Å². The molecule has 4 N–H and O–H groups in total. The summed E-state index contributed by atoms with van der Waals surface area (Å²) in [5, 5.41) is 0. The zero-order chi connectivity index (χ0) is 14.6. The van der Waals surface area contributed by atoms with Gasteiger partial charge in [-0.25, -0.2) is 4.79 Å². The molecule has 19 heavy (non-hydrogen) atoms. The Labute approximate surface area is 112 Å². The molecule has 7 nitrogen and oxygen atoms in total. The number of nitrogens with zero attached hydrogens (tertiary/aromatic N) is 1. The highest BCUT2D eigenvalue weighted by molar-refractivity contribution is 6.02. The van der Waals surface area contributed by atoms with Crippen LogP contribution >= 0.6 is 0 Å². The predicted molar refractivity (Wildman–Crippen MR) is 67.7 cm³/mol. The second-order valence-electron chi connectivity index (χ2n) is 4.75. The number of primary amides is 1. The van der Waals surface area contributed by atoms with Crippen molar-refractivity contribution in [2.24, 2.45) is 17.4 Å². The number of piperidine rings is 1. The molecule has 1 fully saturated rings. The highest BCUT2D eigenvalue weighted by Gasteiger charge is 2.36. The van der Waals surface area contributed by atoms with Crippen LogP contribution in [0.3, 0.4) is 0 Å². The number of amides is 2. The van der Waals surface area contributed by atoms with Gasteiger partial charge in [0.15, 0.2) is 6.04 Å². The maximum absolute atomic E-state index is 12.1. The summed E-state index contributed by atoms with van der Waals surface area (Å²) in [5.41, 5.74) is 10.8. The standard InChI is InChI=1S/C12H21N3O4/c1-3-19-12(18)9(13)11(17)15-6-8(10(14)16)5-4-7(15)2/h7-9H,3-6,13H2,1-2H3,(H2,14,16). The number of carbonyl (C=O) groups excluding carboxylic acids is 3. The van der Waals surface area contributed by atoms with Crippen LogP contribution in [0, 0.1) is 5.92 Å². The normalized spacial score (nSPS) is 24.7. The van der Waals surface area contributed by atoms with Crippen molar-refractivity contribution in [1.82, 2.24) is 4.90 Å². The Hall–Kier alpha value is -1.63. The average molecular weight is 271 g/mol. The fourth-order valence-corrected chi connectivity index (χ4v) is 2.16. The molecular formula is C12H21N3O4. The molecular weight excluding hydrogens is 250 g/mol. The molecule has 3 atom stereocenters. The average Bonchev–Trinajstić information content (AvgIpc) is 2.37. The molecule has 0 aromatic rings. The van der Waals surface area contributed by atoms with Gasteiger partial charge in [0.25, 0.3) is 5.91 Å². The first-order valence-electron chi connectivity index (χ1n) is 6.40. The topological polar surface area (TPSA) is 116 Å². The lowest BCUT2D eigenvalue weighted by Crippen LogP contribution is -2.56. The molecule has 1 saturated heterocycles. The zero-order valence-corrected chi connectivity index (χ0v) is 11.3. The summed E-state index contributed by atoms with van der Waals surface area (Å²) in [5.74, 6) is -2.08. The smallest absolute Gasteiger partial charge is 0.332 e. The summed E-state index contributed by atoms with van der Waals surface area (Å²) in [6.45, 7) is 3.87. The first-order chi connectivity index (χ1) is 8.88. The second-order valence-corrected chi connectivity index (χ2v) is 4.75. The number of hydrogen-bond acceptors (Lipinski definition) is 5. The molecule has 1 aliphatic heterocycles. The van der Waals surface area contributed by atoms with Crippen LogP contribution in [-0.4, -0.2) is 47.9 Å². The minimum absolute atomic E-state index is 0.0661. The van der Waals surface area contributed by atoms with E-state index in [1.165, 1.54) is 4.90 Å². The quantitative estimate of drug-likeness (QED) is 0.502. The van der Waals surface area contributed by atoms with E-state index in [0.29, 0.717) is 12.8 Å². The van der Waals surface area contributed by atoms with Crippen molar-refractivity contribution in [1.29, 1.82) is 0 Å². The Morgan fingerprint density at radius 2 is 2.00 bits per heavy atom. The summed E-state index contributed by atoms with van der Waals surface area (Å²) in [7, 11) is 0. The molecule has 108 valence electrons. The third-order valence-electron chi connectivity index (χ3n) is 3.37. The van der Waals surface area contributed by atoms with Crippen molar-refractivity contribution in [2.75, 3.05) is 13.2 Å². The molecule has 0 aromatic carbocycles. The van der Waals surface area contributed by atoms with E-state index in [-0.39, 0.29) is 25.1 Å². The van der Waals surface area contributed by atoms with Gasteiger partial charge in [-0.2, -0.15) is 0 Å². The SMILES string of the molecule is CCOC(=O)C(N)C(=O)N1CC(C(N)=O)CCC1C. The Morgan fingerprint density at radius 3 is 2.53 bits per heavy atom. The number of carbonyl (C=O) groups is 3. The minimum Gasteiger partial charge on any atom is -0.464 e. The van der Waals surface area contributed by atoms with Crippen molar-refractivity contribution in [3.8, 4) is 0 Å². The van der Waals surface area contributed by atoms with E-state index in [1.807, 2.05) is 6.92 Å². The third-order valence-corrected chi connectivity index (χ3v) is 3.37. The molecule has 1 heterocycles. The lowest BCUT2D eigenvalue weighted by molar-refractivity contribution is -0.152. The number of rotatable bonds is 4. The first-order valence-corrected chi connectivity index (χ1v) is 6.40. The lowest BCUT2D eigenvalue weighted by atomic mass is 9.92. The van der Waals surface area contributed by atoms with Gasteiger partial charge in [0.2, 0.25) is 5.91 Å². The van der Waals surface area contributed by atoms with Crippen molar-refractivity contribution in [2.45, 2.75) is 38.8 Å². The fourth-order valence-electron chi connectivity index (χ4n) is 2.16. The maximum atomic E-state index is 12.1. The Balaban J connectivity index is 2.73. The monoisotopic (exact) mass is 271 g/mol. The third kappa shape index (κ3) is 3.66. The summed E-state index contributed by atoms with van der Waals surface area (Å²) >= 11 is 0. The van der Waals surface area contributed by atoms with Crippen molar-refractivity contribution in [3.05, 3.63) is 0 Å². The highest BCUT2D eigenvalue weighted by Crippen LogP contribution is 2.22. The second kappa shape index (κ2) is 6.51. The van der Waals surface area contributed by atoms with Gasteiger partial charge in [0.1, 0.15) is 0 Å². The van der Waals surface area contributed by atoms with Crippen LogP contribution in [0.15, 0.2) is 0 Å². The number of nitrogens with two attached hydrogens (primary N) is 2. The van der Waals surface area contributed by atoms with Gasteiger partial charge < -0.3 is 21.1 Å². The van der Waals surface area contributed by atoms with Gasteiger partial charge in [-0.3, -0.25) is 9.59 Å². The van der Waals surface area contributed by atoms with Gasteiger partial charge >= 0.3 is 5.97 Å². The molecule has 1 aliphatic rings. The van der Waals surface area contributed by atoms with Gasteiger partial charge in [-0.15, -0.1) is 0 Å². The molecule has 0 spiro atoms. The Kier molecular flexibility index (Phi) is 5.29. The Bertz CT molecular complexity index is 372. The minimum atomic E-state index is -1.34. The zero-order valence-electron chi connectivity index (χ0n) is 11.3. The molecule has 3 unspecified atom stereocenters. The van der Waals surface area contributed by atoms with Crippen LogP contribution in [0.1, 0.15) is 26.7 Å². The largest absolute Gasteiger partial charge is 0.464 e. The summed E-state index contributed by atoms with van der Waals surface area (Å²) in [6.07, 6.45) is 1.31. The molecule has 0 saturated carbocycles. The van der Waals surface area contributed by atoms with E-state index in [9.17, 15) is 14.4 Å². The van der Waals surface area contributed by atoms with E-state index in [2.05, 4.69) is 0 Å². The van der Waals surface area contributed by atoms with Crippen LogP contribution in [0.4, 0.5) is 0 Å². The molecule has 2 amide bonds. The molecule has 7 heteroatoms. The molecule has 0 aromatic heterocycles. The number of hydrogen-bond donors (Lipinski definition) is 2. The Morgan fingerprint density at radius 1 is 1.37 bits per heavy atom. The fraction of sp³-hybridized carbons (Fsp3) is 0.750. The maximum Gasteiger partial charge on any atom is 0.332 e. The van der Waals surface area contributed by atoms with E-state index < -0.39 is 23.8 Å². The first kappa shape index (κ1) is 15.4. The van der Waals surface area contributed by atoms with E-state index in [0.717, 1.165) is 0 Å². The summed E-state index contributed by atoms with van der Waals surface area (Å²) in [4.78, 5) is 36.2. The van der Waals surface area contributed by atoms with Gasteiger partial charge in [0.05, 0.1) is 12.5 Å². The van der Waals surface area contributed by atoms with Gasteiger partial charge in [-0.1, -0.05) is 0 Å². The van der Waals surface area contributed by atoms with Gasteiger partial charge in [-0.05, 0) is 26.7 Å². The summed E-state index contributed by atoms with van der Waals surface area (Å²) < 4.78 is 4.72. The highest BCUT2D eigenvalue weighted by atomic mass is 16.5. The molecule has 1 rings (SSSR count). The van der Waals surface area contributed by atoms with E-state index in [1.54, 1.807) is 6.92 Å².